The van der Waals surface area contributed by atoms with Crippen LogP contribution in [0, 0.1) is 13.8 Å². The largest absolute Gasteiger partial charge is 0.370 e. The number of anilines is 1. The number of hydrogen-bond acceptors (Lipinski definition) is 3. The van der Waals surface area contributed by atoms with Crippen molar-refractivity contribution in [1.29, 1.82) is 0 Å². The molecular formula is C17H23N3. The van der Waals surface area contributed by atoms with Crippen molar-refractivity contribution in [1.82, 2.24) is 9.97 Å². The predicted molar refractivity (Wildman–Crippen MR) is 85.1 cm³/mol. The highest BCUT2D eigenvalue weighted by Crippen LogP contribution is 2.22. The molecule has 0 amide bonds. The molecule has 0 saturated heterocycles. The van der Waals surface area contributed by atoms with E-state index in [2.05, 4.69) is 57.3 Å². The number of nitrogens with one attached hydrogen (secondary N) is 1. The van der Waals surface area contributed by atoms with Gasteiger partial charge in [0.2, 0.25) is 0 Å². The van der Waals surface area contributed by atoms with Crippen molar-refractivity contribution in [2.45, 2.75) is 40.5 Å². The normalized spacial score (nSPS) is 10.6. The maximum absolute atomic E-state index is 4.71. The van der Waals surface area contributed by atoms with Gasteiger partial charge in [-0.3, -0.25) is 0 Å². The van der Waals surface area contributed by atoms with Crippen LogP contribution in [0.3, 0.4) is 0 Å². The van der Waals surface area contributed by atoms with Crippen LogP contribution in [-0.2, 0) is 6.42 Å². The minimum atomic E-state index is 0.811. The molecule has 3 nitrogen and oxygen atoms in total. The Kier molecular flexibility index (Phi) is 4.72. The average Bonchev–Trinajstić information content (AvgIpc) is 2.47. The van der Waals surface area contributed by atoms with Crippen molar-refractivity contribution in [3.05, 3.63) is 41.1 Å². The molecule has 0 aliphatic carbocycles. The number of aromatic nitrogens is 2. The van der Waals surface area contributed by atoms with Crippen LogP contribution in [0.25, 0.3) is 11.4 Å². The summed E-state index contributed by atoms with van der Waals surface area (Å²) < 4.78 is 0. The van der Waals surface area contributed by atoms with E-state index in [0.717, 1.165) is 47.8 Å². The third-order valence-corrected chi connectivity index (χ3v) is 3.43. The first-order valence-electron chi connectivity index (χ1n) is 7.34. The molecule has 0 saturated carbocycles. The molecule has 1 aromatic heterocycles. The predicted octanol–water partition coefficient (Wildman–Crippen LogP) is 4.14. The SMILES string of the molecule is CCCNc1nc(-c2ccc(C)cc2)nc(CC)c1C. The minimum Gasteiger partial charge on any atom is -0.370 e. The molecular weight excluding hydrogens is 246 g/mol. The van der Waals surface area contributed by atoms with Gasteiger partial charge in [-0.2, -0.15) is 0 Å². The molecule has 0 atom stereocenters. The van der Waals surface area contributed by atoms with Crippen molar-refractivity contribution in [3.8, 4) is 11.4 Å². The lowest BCUT2D eigenvalue weighted by molar-refractivity contribution is 0.936. The summed E-state index contributed by atoms with van der Waals surface area (Å²) >= 11 is 0. The van der Waals surface area contributed by atoms with Crippen LogP contribution in [0.5, 0.6) is 0 Å². The van der Waals surface area contributed by atoms with E-state index in [1.165, 1.54) is 5.56 Å². The van der Waals surface area contributed by atoms with E-state index in [4.69, 9.17) is 9.97 Å². The Labute approximate surface area is 121 Å². The van der Waals surface area contributed by atoms with Gasteiger partial charge in [-0.15, -0.1) is 0 Å². The van der Waals surface area contributed by atoms with E-state index in [1.54, 1.807) is 0 Å². The first-order valence-corrected chi connectivity index (χ1v) is 7.34. The zero-order valence-corrected chi connectivity index (χ0v) is 12.8. The number of aryl methyl sites for hydroxylation is 2. The smallest absolute Gasteiger partial charge is 0.161 e. The first kappa shape index (κ1) is 14.5. The fourth-order valence-electron chi connectivity index (χ4n) is 2.15. The second-order valence-electron chi connectivity index (χ2n) is 5.11. The highest BCUT2D eigenvalue weighted by molar-refractivity contribution is 5.60. The first-order chi connectivity index (χ1) is 9.65. The topological polar surface area (TPSA) is 37.8 Å². The molecule has 1 heterocycles. The van der Waals surface area contributed by atoms with Crippen molar-refractivity contribution in [3.63, 3.8) is 0 Å². The lowest BCUT2D eigenvalue weighted by Crippen LogP contribution is -2.08. The van der Waals surface area contributed by atoms with Crippen LogP contribution in [0.1, 0.15) is 37.1 Å². The van der Waals surface area contributed by atoms with Crippen LogP contribution in [0.4, 0.5) is 5.82 Å². The summed E-state index contributed by atoms with van der Waals surface area (Å²) in [6, 6.07) is 8.37. The Bertz CT molecular complexity index is 574. The molecule has 0 aliphatic rings. The van der Waals surface area contributed by atoms with Crippen LogP contribution in [0.2, 0.25) is 0 Å². The van der Waals surface area contributed by atoms with E-state index in [1.807, 2.05) is 0 Å². The highest BCUT2D eigenvalue weighted by Gasteiger charge is 2.10. The van der Waals surface area contributed by atoms with Crippen LogP contribution < -0.4 is 5.32 Å². The molecule has 20 heavy (non-hydrogen) atoms. The van der Waals surface area contributed by atoms with Crippen LogP contribution >= 0.6 is 0 Å². The van der Waals surface area contributed by atoms with Gasteiger partial charge >= 0.3 is 0 Å². The van der Waals surface area contributed by atoms with Gasteiger partial charge in [0.25, 0.3) is 0 Å². The zero-order chi connectivity index (χ0) is 14.5. The van der Waals surface area contributed by atoms with Crippen molar-refractivity contribution >= 4 is 5.82 Å². The summed E-state index contributed by atoms with van der Waals surface area (Å²) in [4.78, 5) is 9.40. The Morgan fingerprint density at radius 3 is 2.30 bits per heavy atom. The number of rotatable bonds is 5. The van der Waals surface area contributed by atoms with E-state index in [0.29, 0.717) is 0 Å². The van der Waals surface area contributed by atoms with E-state index >= 15 is 0 Å². The minimum absolute atomic E-state index is 0.811. The van der Waals surface area contributed by atoms with Crippen molar-refractivity contribution in [2.75, 3.05) is 11.9 Å². The Morgan fingerprint density at radius 1 is 1.00 bits per heavy atom. The lowest BCUT2D eigenvalue weighted by Gasteiger charge is -2.13. The van der Waals surface area contributed by atoms with Gasteiger partial charge in [0.05, 0.1) is 0 Å². The van der Waals surface area contributed by atoms with E-state index in [9.17, 15) is 0 Å². The molecule has 3 heteroatoms. The number of benzene rings is 1. The Hall–Kier alpha value is -1.90. The number of nitrogens with zero attached hydrogens (tertiary/aromatic N) is 2. The molecule has 2 aromatic rings. The summed E-state index contributed by atoms with van der Waals surface area (Å²) in [5.41, 5.74) is 4.61. The van der Waals surface area contributed by atoms with Crippen molar-refractivity contribution in [2.24, 2.45) is 0 Å². The summed E-state index contributed by atoms with van der Waals surface area (Å²) in [6.07, 6.45) is 2.01. The van der Waals surface area contributed by atoms with Gasteiger partial charge in [0.1, 0.15) is 5.82 Å². The fourth-order valence-corrected chi connectivity index (χ4v) is 2.15. The monoisotopic (exact) mass is 269 g/mol. The third kappa shape index (κ3) is 3.16. The summed E-state index contributed by atoms with van der Waals surface area (Å²) in [7, 11) is 0. The van der Waals surface area contributed by atoms with Crippen LogP contribution in [-0.4, -0.2) is 16.5 Å². The maximum Gasteiger partial charge on any atom is 0.161 e. The standard InChI is InChI=1S/C17H23N3/c1-5-11-18-16-13(4)15(6-2)19-17(20-16)14-9-7-12(3)8-10-14/h7-10H,5-6,11H2,1-4H3,(H,18,19,20). The van der Waals surface area contributed by atoms with Gasteiger partial charge in [-0.1, -0.05) is 43.7 Å². The lowest BCUT2D eigenvalue weighted by atomic mass is 10.1. The summed E-state index contributed by atoms with van der Waals surface area (Å²) in [5.74, 6) is 1.78. The van der Waals surface area contributed by atoms with Gasteiger partial charge < -0.3 is 5.32 Å². The molecule has 0 aliphatic heterocycles. The second kappa shape index (κ2) is 6.51. The van der Waals surface area contributed by atoms with Gasteiger partial charge in [0.15, 0.2) is 5.82 Å². The van der Waals surface area contributed by atoms with Crippen LogP contribution in [0.15, 0.2) is 24.3 Å². The maximum atomic E-state index is 4.71. The van der Waals surface area contributed by atoms with E-state index in [-0.39, 0.29) is 0 Å². The van der Waals surface area contributed by atoms with Crippen molar-refractivity contribution < 1.29 is 0 Å². The Morgan fingerprint density at radius 2 is 1.70 bits per heavy atom. The molecule has 1 aromatic carbocycles. The average molecular weight is 269 g/mol. The summed E-state index contributed by atoms with van der Waals surface area (Å²) in [6.45, 7) is 9.42. The number of hydrogen-bond donors (Lipinski definition) is 1. The van der Waals surface area contributed by atoms with Gasteiger partial charge in [-0.05, 0) is 26.7 Å². The molecule has 1 N–H and O–H groups in total. The molecule has 0 radical (unpaired) electrons. The zero-order valence-electron chi connectivity index (χ0n) is 12.8. The Balaban J connectivity index is 2.44. The molecule has 0 bridgehead atoms. The van der Waals surface area contributed by atoms with Gasteiger partial charge in [0, 0.05) is 23.4 Å². The van der Waals surface area contributed by atoms with E-state index < -0.39 is 0 Å². The molecule has 0 spiro atoms. The highest BCUT2D eigenvalue weighted by atomic mass is 15.0. The fraction of sp³-hybridized carbons (Fsp3) is 0.412. The molecule has 106 valence electrons. The second-order valence-corrected chi connectivity index (χ2v) is 5.11. The van der Waals surface area contributed by atoms with Gasteiger partial charge in [-0.25, -0.2) is 9.97 Å². The molecule has 0 unspecified atom stereocenters. The molecule has 0 fully saturated rings. The summed E-state index contributed by atoms with van der Waals surface area (Å²) in [5, 5.41) is 3.41. The quantitative estimate of drug-likeness (QED) is 0.886. The third-order valence-electron chi connectivity index (χ3n) is 3.43. The molecule has 2 rings (SSSR count).